The Labute approximate surface area is 197 Å². The van der Waals surface area contributed by atoms with E-state index in [4.69, 9.17) is 9.57 Å². The monoisotopic (exact) mass is 460 g/mol. The Morgan fingerprint density at radius 1 is 1.24 bits per heavy atom. The third-order valence-corrected chi connectivity index (χ3v) is 10.1. The van der Waals surface area contributed by atoms with E-state index in [0.717, 1.165) is 50.7 Å². The van der Waals surface area contributed by atoms with E-state index in [2.05, 4.69) is 25.1 Å². The fraction of sp³-hybridized carbons (Fsp3) is 0.846. The van der Waals surface area contributed by atoms with Gasteiger partial charge in [-0.15, -0.1) is 0 Å². The third kappa shape index (κ3) is 3.89. The number of esters is 1. The Balaban J connectivity index is 1.66. The number of allylic oxidation sites excluding steroid dienone is 1. The van der Waals surface area contributed by atoms with Crippen LogP contribution in [-0.4, -0.2) is 35.9 Å². The Morgan fingerprint density at radius 2 is 1.97 bits per heavy atom. The lowest BCUT2D eigenvalue weighted by Gasteiger charge is -2.58. The van der Waals surface area contributed by atoms with Crippen molar-refractivity contribution in [1.29, 1.82) is 0 Å². The maximum absolute atomic E-state index is 11.8. The number of fused-ring (bicyclic) bond motifs is 5. The van der Waals surface area contributed by atoms with Gasteiger partial charge in [-0.05, 0) is 74.0 Å². The minimum atomic E-state index is -0.595. The number of nitro groups is 1. The first-order valence-corrected chi connectivity index (χ1v) is 12.6. The van der Waals surface area contributed by atoms with Gasteiger partial charge < -0.3 is 9.57 Å². The molecule has 0 amide bonds. The molecule has 7 heteroatoms. The van der Waals surface area contributed by atoms with Crippen LogP contribution < -0.4 is 0 Å². The average molecular weight is 461 g/mol. The molecular formula is C26H40N2O5. The second kappa shape index (κ2) is 8.70. The summed E-state index contributed by atoms with van der Waals surface area (Å²) in [4.78, 5) is 28.4. The molecule has 0 spiro atoms. The topological polar surface area (TPSA) is 91.0 Å². The number of hydrogen-bond donors (Lipinski definition) is 0. The summed E-state index contributed by atoms with van der Waals surface area (Å²) in [6.45, 7) is 10.0. The van der Waals surface area contributed by atoms with E-state index < -0.39 is 6.04 Å². The van der Waals surface area contributed by atoms with Gasteiger partial charge in [-0.3, -0.25) is 14.9 Å². The zero-order valence-corrected chi connectivity index (χ0v) is 21.0. The van der Waals surface area contributed by atoms with E-state index in [9.17, 15) is 14.9 Å². The van der Waals surface area contributed by atoms with E-state index >= 15 is 0 Å². The molecule has 7 nitrogen and oxygen atoms in total. The zero-order valence-electron chi connectivity index (χ0n) is 21.0. The first-order chi connectivity index (χ1) is 15.5. The molecule has 184 valence electrons. The number of oxime groups is 1. The highest BCUT2D eigenvalue weighted by Gasteiger charge is 2.63. The van der Waals surface area contributed by atoms with Gasteiger partial charge in [-0.2, -0.15) is 0 Å². The molecule has 0 bridgehead atoms. The predicted octanol–water partition coefficient (Wildman–Crippen LogP) is 5.41. The lowest BCUT2D eigenvalue weighted by molar-refractivity contribution is -0.528. The van der Waals surface area contributed by atoms with Gasteiger partial charge in [-0.25, -0.2) is 0 Å². The van der Waals surface area contributed by atoms with Gasteiger partial charge in [-0.1, -0.05) is 30.7 Å². The molecule has 0 aromatic carbocycles. The quantitative estimate of drug-likeness (QED) is 0.180. The van der Waals surface area contributed by atoms with Crippen molar-refractivity contribution in [1.82, 2.24) is 0 Å². The highest BCUT2D eigenvalue weighted by molar-refractivity contribution is 5.85. The molecule has 0 saturated heterocycles. The maximum atomic E-state index is 11.8. The molecule has 33 heavy (non-hydrogen) atoms. The van der Waals surface area contributed by atoms with Crippen LogP contribution >= 0.6 is 0 Å². The number of rotatable bonds is 5. The van der Waals surface area contributed by atoms with Crippen molar-refractivity contribution >= 4 is 11.7 Å². The summed E-state index contributed by atoms with van der Waals surface area (Å²) in [5, 5.41) is 16.1. The molecule has 0 aromatic heterocycles. The van der Waals surface area contributed by atoms with Crippen LogP contribution in [0.5, 0.6) is 0 Å². The third-order valence-electron chi connectivity index (χ3n) is 10.1. The predicted molar refractivity (Wildman–Crippen MR) is 126 cm³/mol. The smallest absolute Gasteiger partial charge is 0.302 e. The minimum absolute atomic E-state index is 0.00113. The largest absolute Gasteiger partial charge is 0.462 e. The first-order valence-electron chi connectivity index (χ1n) is 12.6. The molecule has 4 aliphatic rings. The number of ether oxygens (including phenoxy) is 1. The summed E-state index contributed by atoms with van der Waals surface area (Å²) in [6.07, 6.45) is 9.36. The SMILES string of the molecule is CON=C(C)C1C(C(C)[N+](=O)[O-])CC2C3CC=C4CC(OC(C)=O)CCC4(C)C3CCC21C. The van der Waals surface area contributed by atoms with Gasteiger partial charge in [0.1, 0.15) is 13.2 Å². The van der Waals surface area contributed by atoms with E-state index in [0.29, 0.717) is 17.8 Å². The Hall–Kier alpha value is -1.92. The maximum Gasteiger partial charge on any atom is 0.302 e. The van der Waals surface area contributed by atoms with Crippen LogP contribution in [-0.2, 0) is 14.4 Å². The standard InChI is InChI=1S/C26H40N2O5/c1-15(27-32-6)24-21(16(2)28(30)31)14-23-20-8-7-18-13-19(33-17(3)29)9-11-25(18,4)22(20)10-12-26(23,24)5/h7,16,19-24H,8-14H2,1-6H3. The van der Waals surface area contributed by atoms with E-state index in [1.165, 1.54) is 12.5 Å². The van der Waals surface area contributed by atoms with Crippen molar-refractivity contribution in [2.24, 2.45) is 45.6 Å². The van der Waals surface area contributed by atoms with Crippen LogP contribution in [0.4, 0.5) is 0 Å². The van der Waals surface area contributed by atoms with Crippen molar-refractivity contribution in [3.05, 3.63) is 21.8 Å². The van der Waals surface area contributed by atoms with Gasteiger partial charge in [0.2, 0.25) is 6.04 Å². The molecule has 0 heterocycles. The summed E-state index contributed by atoms with van der Waals surface area (Å²) in [5.41, 5.74) is 2.50. The molecule has 3 fully saturated rings. The van der Waals surface area contributed by atoms with Gasteiger partial charge in [0.25, 0.3) is 0 Å². The van der Waals surface area contributed by atoms with Gasteiger partial charge in [0.15, 0.2) is 0 Å². The highest BCUT2D eigenvalue weighted by Crippen LogP contribution is 2.68. The molecule has 3 saturated carbocycles. The lowest BCUT2D eigenvalue weighted by Crippen LogP contribution is -2.51. The van der Waals surface area contributed by atoms with E-state index in [-0.39, 0.29) is 39.7 Å². The van der Waals surface area contributed by atoms with Gasteiger partial charge in [0, 0.05) is 37.0 Å². The Morgan fingerprint density at radius 3 is 2.61 bits per heavy atom. The van der Waals surface area contributed by atoms with E-state index in [1.54, 1.807) is 14.0 Å². The minimum Gasteiger partial charge on any atom is -0.462 e. The number of nitrogens with zero attached hydrogens (tertiary/aromatic N) is 2. The average Bonchev–Trinajstić information content (AvgIpc) is 3.06. The fourth-order valence-electron chi connectivity index (χ4n) is 8.68. The molecule has 0 N–H and O–H groups in total. The number of carbonyl (C=O) groups is 1. The molecule has 0 aromatic rings. The zero-order chi connectivity index (χ0) is 24.1. The summed E-state index contributed by atoms with van der Waals surface area (Å²) in [6, 6.07) is -0.595. The fourth-order valence-corrected chi connectivity index (χ4v) is 8.68. The molecule has 4 rings (SSSR count). The van der Waals surface area contributed by atoms with Crippen molar-refractivity contribution in [3.8, 4) is 0 Å². The van der Waals surface area contributed by atoms with Crippen LogP contribution in [0, 0.1) is 50.5 Å². The van der Waals surface area contributed by atoms with Crippen molar-refractivity contribution in [3.63, 3.8) is 0 Å². The van der Waals surface area contributed by atoms with Crippen LogP contribution in [0.15, 0.2) is 16.8 Å². The highest BCUT2D eigenvalue weighted by atomic mass is 16.6. The second-order valence-corrected chi connectivity index (χ2v) is 11.6. The molecular weight excluding hydrogens is 420 g/mol. The summed E-state index contributed by atoms with van der Waals surface area (Å²) in [5.74, 6) is 1.41. The van der Waals surface area contributed by atoms with Crippen LogP contribution in [0.2, 0.25) is 0 Å². The Kier molecular flexibility index (Phi) is 6.38. The number of hydrogen-bond acceptors (Lipinski definition) is 6. The van der Waals surface area contributed by atoms with Gasteiger partial charge >= 0.3 is 5.97 Å². The first kappa shape index (κ1) is 24.2. The van der Waals surface area contributed by atoms with Gasteiger partial charge in [0.05, 0.1) is 5.71 Å². The van der Waals surface area contributed by atoms with Crippen molar-refractivity contribution in [2.45, 2.75) is 91.7 Å². The molecule has 0 aliphatic heterocycles. The molecule has 0 radical (unpaired) electrons. The van der Waals surface area contributed by atoms with E-state index in [1.807, 2.05) is 6.92 Å². The Bertz CT molecular complexity index is 869. The number of carbonyl (C=O) groups excluding carboxylic acids is 1. The van der Waals surface area contributed by atoms with Crippen LogP contribution in [0.3, 0.4) is 0 Å². The molecule has 4 aliphatic carbocycles. The van der Waals surface area contributed by atoms with Crippen molar-refractivity contribution < 1.29 is 19.3 Å². The van der Waals surface area contributed by atoms with Crippen LogP contribution in [0.25, 0.3) is 0 Å². The summed E-state index contributed by atoms with van der Waals surface area (Å²) >= 11 is 0. The second-order valence-electron chi connectivity index (χ2n) is 11.6. The lowest BCUT2D eigenvalue weighted by atomic mass is 9.47. The summed E-state index contributed by atoms with van der Waals surface area (Å²) < 4.78 is 5.56. The van der Waals surface area contributed by atoms with Crippen LogP contribution in [0.1, 0.15) is 79.6 Å². The van der Waals surface area contributed by atoms with Crippen molar-refractivity contribution in [2.75, 3.05) is 7.11 Å². The molecule has 9 unspecified atom stereocenters. The normalized spacial score (nSPS) is 43.5. The summed E-state index contributed by atoms with van der Waals surface area (Å²) in [7, 11) is 1.56. The molecule has 9 atom stereocenters.